The van der Waals surface area contributed by atoms with Crippen molar-refractivity contribution in [1.82, 2.24) is 0 Å². The molecular weight excluding hydrogens is 134 g/mol. The van der Waals surface area contributed by atoms with Gasteiger partial charge in [0.25, 0.3) is 0 Å². The number of thiocarbonyl (C=S) groups is 1. The van der Waals surface area contributed by atoms with Crippen molar-refractivity contribution in [3.8, 4) is 0 Å². The third-order valence-corrected chi connectivity index (χ3v) is 1.71. The highest BCUT2D eigenvalue weighted by molar-refractivity contribution is 7.80. The molecule has 0 aliphatic carbocycles. The smallest absolute Gasteiger partial charge is 0.111 e. The largest absolute Gasteiger partial charge is 0.391 e. The summed E-state index contributed by atoms with van der Waals surface area (Å²) in [5.41, 5.74) is 4.30. The summed E-state index contributed by atoms with van der Waals surface area (Å²) in [6, 6.07) is 0. The summed E-state index contributed by atoms with van der Waals surface area (Å²) in [7, 11) is 0. The first-order valence-electron chi connectivity index (χ1n) is 3.03. The average molecular weight is 147 g/mol. The van der Waals surface area contributed by atoms with Gasteiger partial charge in [0.05, 0.1) is 0 Å². The number of nitrogens with two attached hydrogens (primary N) is 1. The zero-order valence-corrected chi connectivity index (χ0v) is 6.66. The lowest BCUT2D eigenvalue weighted by Crippen LogP contribution is -2.39. The predicted octanol–water partition coefficient (Wildman–Crippen LogP) is 0.824. The highest BCUT2D eigenvalue weighted by Crippen LogP contribution is 2.10. The van der Waals surface area contributed by atoms with Crippen LogP contribution in [0.5, 0.6) is 0 Å². The number of rotatable bonds is 3. The fraction of sp³-hybridized carbons (Fsp3) is 0.833. The standard InChI is InChI=1S/C6H13NOS/c1-3-4-6(2,8)5(7)9/h8H,3-4H2,1-2H3,(H2,7,9). The number of aliphatic hydroxyl groups is 1. The zero-order valence-electron chi connectivity index (χ0n) is 5.85. The topological polar surface area (TPSA) is 46.2 Å². The summed E-state index contributed by atoms with van der Waals surface area (Å²) in [6.07, 6.45) is 1.53. The van der Waals surface area contributed by atoms with E-state index >= 15 is 0 Å². The fourth-order valence-electron chi connectivity index (χ4n) is 0.610. The maximum absolute atomic E-state index is 9.33. The molecule has 54 valence electrons. The van der Waals surface area contributed by atoms with E-state index in [1.807, 2.05) is 6.92 Å². The quantitative estimate of drug-likeness (QED) is 0.581. The maximum atomic E-state index is 9.33. The first-order valence-corrected chi connectivity index (χ1v) is 3.44. The Morgan fingerprint density at radius 3 is 2.33 bits per heavy atom. The van der Waals surface area contributed by atoms with Gasteiger partial charge in [-0.3, -0.25) is 0 Å². The molecule has 0 fully saturated rings. The fourth-order valence-corrected chi connectivity index (χ4v) is 0.712. The lowest BCUT2D eigenvalue weighted by atomic mass is 10.0. The minimum Gasteiger partial charge on any atom is -0.391 e. The molecule has 3 heteroatoms. The van der Waals surface area contributed by atoms with Gasteiger partial charge < -0.3 is 10.8 Å². The van der Waals surface area contributed by atoms with Crippen LogP contribution in [0.4, 0.5) is 0 Å². The van der Waals surface area contributed by atoms with Crippen molar-refractivity contribution in [1.29, 1.82) is 0 Å². The van der Waals surface area contributed by atoms with Crippen molar-refractivity contribution < 1.29 is 5.11 Å². The lowest BCUT2D eigenvalue weighted by molar-refractivity contribution is 0.123. The highest BCUT2D eigenvalue weighted by Gasteiger charge is 2.21. The molecule has 0 amide bonds. The Hall–Kier alpha value is -0.150. The van der Waals surface area contributed by atoms with E-state index in [9.17, 15) is 5.11 Å². The van der Waals surface area contributed by atoms with Gasteiger partial charge in [0.1, 0.15) is 10.6 Å². The Bertz CT molecular complexity index is 112. The Morgan fingerprint density at radius 1 is 1.78 bits per heavy atom. The molecule has 0 spiro atoms. The Kier molecular flexibility index (Phi) is 3.08. The highest BCUT2D eigenvalue weighted by atomic mass is 32.1. The van der Waals surface area contributed by atoms with Gasteiger partial charge in [-0.25, -0.2) is 0 Å². The van der Waals surface area contributed by atoms with E-state index in [0.717, 1.165) is 6.42 Å². The maximum Gasteiger partial charge on any atom is 0.111 e. The molecule has 0 rings (SSSR count). The zero-order chi connectivity index (χ0) is 7.49. The summed E-state index contributed by atoms with van der Waals surface area (Å²) in [5.74, 6) is 0. The van der Waals surface area contributed by atoms with Crippen LogP contribution in [0.2, 0.25) is 0 Å². The van der Waals surface area contributed by atoms with Crippen molar-refractivity contribution >= 4 is 17.2 Å². The van der Waals surface area contributed by atoms with Crippen molar-refractivity contribution in [2.75, 3.05) is 0 Å². The molecular formula is C6H13NOS. The van der Waals surface area contributed by atoms with Crippen LogP contribution in [0.3, 0.4) is 0 Å². The van der Waals surface area contributed by atoms with E-state index in [-0.39, 0.29) is 4.99 Å². The van der Waals surface area contributed by atoms with Crippen molar-refractivity contribution in [3.63, 3.8) is 0 Å². The third-order valence-electron chi connectivity index (χ3n) is 1.27. The molecule has 9 heavy (non-hydrogen) atoms. The Morgan fingerprint density at radius 2 is 2.22 bits per heavy atom. The van der Waals surface area contributed by atoms with Crippen LogP contribution in [-0.4, -0.2) is 15.7 Å². The van der Waals surface area contributed by atoms with E-state index in [1.54, 1.807) is 6.92 Å². The molecule has 0 bridgehead atoms. The SMILES string of the molecule is CCCC(C)(O)C(N)=S. The van der Waals surface area contributed by atoms with Gasteiger partial charge in [-0.15, -0.1) is 0 Å². The molecule has 1 atom stereocenters. The molecule has 0 radical (unpaired) electrons. The molecule has 0 saturated heterocycles. The van der Waals surface area contributed by atoms with E-state index in [2.05, 4.69) is 12.2 Å². The second kappa shape index (κ2) is 3.13. The summed E-state index contributed by atoms with van der Waals surface area (Å²) in [5, 5.41) is 9.33. The number of hydrogen-bond acceptors (Lipinski definition) is 2. The van der Waals surface area contributed by atoms with Gasteiger partial charge in [-0.1, -0.05) is 25.6 Å². The molecule has 0 saturated carbocycles. The minimum atomic E-state index is -0.940. The van der Waals surface area contributed by atoms with Gasteiger partial charge >= 0.3 is 0 Å². The van der Waals surface area contributed by atoms with Crippen LogP contribution in [0, 0.1) is 0 Å². The Labute approximate surface area is 61.1 Å². The third kappa shape index (κ3) is 2.77. The molecule has 0 aromatic heterocycles. The normalized spacial score (nSPS) is 16.8. The van der Waals surface area contributed by atoms with Gasteiger partial charge in [-0.2, -0.15) is 0 Å². The summed E-state index contributed by atoms with van der Waals surface area (Å²) >= 11 is 4.62. The van der Waals surface area contributed by atoms with Crippen molar-refractivity contribution in [3.05, 3.63) is 0 Å². The predicted molar refractivity (Wildman–Crippen MR) is 42.3 cm³/mol. The molecule has 1 unspecified atom stereocenters. The minimum absolute atomic E-state index is 0.185. The summed E-state index contributed by atoms with van der Waals surface area (Å²) < 4.78 is 0. The lowest BCUT2D eigenvalue weighted by Gasteiger charge is -2.19. The van der Waals surface area contributed by atoms with Crippen LogP contribution in [0.25, 0.3) is 0 Å². The van der Waals surface area contributed by atoms with Crippen molar-refractivity contribution in [2.24, 2.45) is 5.73 Å². The first-order chi connectivity index (χ1) is 4.00. The van der Waals surface area contributed by atoms with Gasteiger partial charge in [0.2, 0.25) is 0 Å². The van der Waals surface area contributed by atoms with Crippen LogP contribution < -0.4 is 5.73 Å². The monoisotopic (exact) mass is 147 g/mol. The van der Waals surface area contributed by atoms with Gasteiger partial charge in [0.15, 0.2) is 0 Å². The molecule has 0 aliphatic heterocycles. The second-order valence-electron chi connectivity index (χ2n) is 2.39. The van der Waals surface area contributed by atoms with Gasteiger partial charge in [0, 0.05) is 0 Å². The second-order valence-corrected chi connectivity index (χ2v) is 2.83. The number of hydrogen-bond donors (Lipinski definition) is 2. The van der Waals surface area contributed by atoms with Crippen molar-refractivity contribution in [2.45, 2.75) is 32.3 Å². The molecule has 2 nitrogen and oxygen atoms in total. The first kappa shape index (κ1) is 8.85. The molecule has 0 heterocycles. The average Bonchev–Trinajstić information content (AvgIpc) is 1.65. The van der Waals surface area contributed by atoms with E-state index in [0.29, 0.717) is 6.42 Å². The van der Waals surface area contributed by atoms with Gasteiger partial charge in [-0.05, 0) is 13.3 Å². The summed E-state index contributed by atoms with van der Waals surface area (Å²) in [6.45, 7) is 3.62. The van der Waals surface area contributed by atoms with E-state index in [1.165, 1.54) is 0 Å². The van der Waals surface area contributed by atoms with E-state index in [4.69, 9.17) is 5.73 Å². The molecule has 0 aromatic carbocycles. The molecule has 0 aliphatic rings. The molecule has 0 aromatic rings. The van der Waals surface area contributed by atoms with Crippen LogP contribution in [-0.2, 0) is 0 Å². The molecule has 3 N–H and O–H groups in total. The van der Waals surface area contributed by atoms with Crippen LogP contribution in [0.15, 0.2) is 0 Å². The van der Waals surface area contributed by atoms with Crippen LogP contribution in [0.1, 0.15) is 26.7 Å². The van der Waals surface area contributed by atoms with E-state index < -0.39 is 5.60 Å². The summed E-state index contributed by atoms with van der Waals surface area (Å²) in [4.78, 5) is 0.185. The Balaban J connectivity index is 3.85. The van der Waals surface area contributed by atoms with Crippen LogP contribution >= 0.6 is 12.2 Å².